The zero-order valence-electron chi connectivity index (χ0n) is 10.7. The molecule has 19 heavy (non-hydrogen) atoms. The van der Waals surface area contributed by atoms with Crippen LogP contribution in [-0.4, -0.2) is 4.98 Å². The van der Waals surface area contributed by atoms with Gasteiger partial charge in [0.2, 0.25) is 0 Å². The lowest BCUT2D eigenvalue weighted by Crippen LogP contribution is -2.29. The maximum absolute atomic E-state index is 6.20. The third kappa shape index (κ3) is 3.46. The number of aryl methyl sites for hydroxylation is 2. The zero-order chi connectivity index (χ0) is 14.0. The van der Waals surface area contributed by atoms with Gasteiger partial charge in [-0.25, -0.2) is 4.98 Å². The fraction of sp³-hybridized carbons (Fsp3) is 0.308. The van der Waals surface area contributed by atoms with Crippen molar-refractivity contribution < 1.29 is 0 Å². The van der Waals surface area contributed by atoms with Gasteiger partial charge in [-0.15, -0.1) is 11.3 Å². The second-order valence-electron chi connectivity index (χ2n) is 4.34. The fourth-order valence-corrected chi connectivity index (χ4v) is 3.25. The van der Waals surface area contributed by atoms with Crippen LogP contribution in [0.2, 0.25) is 10.0 Å². The van der Waals surface area contributed by atoms with E-state index in [1.54, 1.807) is 23.5 Å². The Kier molecular flexibility index (Phi) is 4.81. The molecule has 0 saturated carbocycles. The van der Waals surface area contributed by atoms with E-state index in [2.05, 4.69) is 17.3 Å². The molecule has 2 rings (SSSR count). The summed E-state index contributed by atoms with van der Waals surface area (Å²) < 4.78 is 0. The largest absolute Gasteiger partial charge is 0.271 e. The monoisotopic (exact) mass is 315 g/mol. The third-order valence-corrected chi connectivity index (χ3v) is 4.66. The molecule has 0 fully saturated rings. The zero-order valence-corrected chi connectivity index (χ0v) is 13.0. The summed E-state index contributed by atoms with van der Waals surface area (Å²) in [6.45, 7) is 4.07. The van der Waals surface area contributed by atoms with Crippen molar-refractivity contribution in [1.29, 1.82) is 0 Å². The normalized spacial score (nSPS) is 12.7. The predicted molar refractivity (Wildman–Crippen MR) is 81.8 cm³/mol. The molecule has 0 bridgehead atoms. The van der Waals surface area contributed by atoms with Crippen molar-refractivity contribution in [3.63, 3.8) is 0 Å². The number of thiazole rings is 1. The quantitative estimate of drug-likeness (QED) is 0.666. The van der Waals surface area contributed by atoms with Crippen LogP contribution in [0.15, 0.2) is 18.2 Å². The highest BCUT2D eigenvalue weighted by Gasteiger charge is 2.17. The summed E-state index contributed by atoms with van der Waals surface area (Å²) in [6, 6.07) is 5.28. The molecule has 1 atom stereocenters. The lowest BCUT2D eigenvalue weighted by molar-refractivity contribution is 0.550. The van der Waals surface area contributed by atoms with Crippen LogP contribution in [0, 0.1) is 13.8 Å². The number of hydrazine groups is 1. The van der Waals surface area contributed by atoms with E-state index in [0.29, 0.717) is 16.5 Å². The Morgan fingerprint density at radius 2 is 2.11 bits per heavy atom. The lowest BCUT2D eigenvalue weighted by Gasteiger charge is -2.16. The van der Waals surface area contributed by atoms with Crippen molar-refractivity contribution in [3.05, 3.63) is 49.4 Å². The standard InChI is InChI=1S/C13H15Cl2N3S/c1-7-8(2)19-13(17-7)6-12(18-16)10-5-9(14)3-4-11(10)15/h3-5,12,18H,6,16H2,1-2H3. The Morgan fingerprint density at radius 1 is 1.37 bits per heavy atom. The smallest absolute Gasteiger partial charge is 0.0950 e. The molecule has 2 aromatic rings. The minimum absolute atomic E-state index is 0.101. The van der Waals surface area contributed by atoms with Crippen LogP contribution in [0.4, 0.5) is 0 Å². The number of nitrogens with one attached hydrogen (secondary N) is 1. The van der Waals surface area contributed by atoms with E-state index in [9.17, 15) is 0 Å². The number of nitrogens with zero attached hydrogens (tertiary/aromatic N) is 1. The van der Waals surface area contributed by atoms with E-state index in [-0.39, 0.29) is 6.04 Å². The van der Waals surface area contributed by atoms with Crippen molar-refractivity contribution in [2.45, 2.75) is 26.3 Å². The lowest BCUT2D eigenvalue weighted by atomic mass is 10.0. The van der Waals surface area contributed by atoms with Crippen LogP contribution in [-0.2, 0) is 6.42 Å². The van der Waals surface area contributed by atoms with Gasteiger partial charge in [0.25, 0.3) is 0 Å². The molecule has 0 aliphatic carbocycles. The molecule has 6 heteroatoms. The van der Waals surface area contributed by atoms with E-state index in [1.807, 2.05) is 13.0 Å². The van der Waals surface area contributed by atoms with Gasteiger partial charge >= 0.3 is 0 Å². The highest BCUT2D eigenvalue weighted by molar-refractivity contribution is 7.11. The molecule has 1 unspecified atom stereocenters. The Labute approximate surface area is 126 Å². The van der Waals surface area contributed by atoms with Gasteiger partial charge in [0, 0.05) is 21.3 Å². The topological polar surface area (TPSA) is 50.9 Å². The second kappa shape index (κ2) is 6.20. The van der Waals surface area contributed by atoms with Crippen LogP contribution in [0.3, 0.4) is 0 Å². The molecule has 1 aromatic carbocycles. The van der Waals surface area contributed by atoms with Gasteiger partial charge in [-0.05, 0) is 37.6 Å². The fourth-order valence-electron chi connectivity index (χ4n) is 1.84. The summed E-state index contributed by atoms with van der Waals surface area (Å²) in [5, 5.41) is 2.33. The van der Waals surface area contributed by atoms with Crippen LogP contribution < -0.4 is 11.3 Å². The van der Waals surface area contributed by atoms with E-state index >= 15 is 0 Å². The van der Waals surface area contributed by atoms with Crippen LogP contribution >= 0.6 is 34.5 Å². The molecule has 3 nitrogen and oxygen atoms in total. The van der Waals surface area contributed by atoms with Crippen molar-refractivity contribution in [2.75, 3.05) is 0 Å². The van der Waals surface area contributed by atoms with Crippen molar-refractivity contribution in [2.24, 2.45) is 5.84 Å². The first-order valence-corrected chi connectivity index (χ1v) is 7.42. The molecule has 0 amide bonds. The molecule has 0 spiro atoms. The maximum atomic E-state index is 6.20. The predicted octanol–water partition coefficient (Wildman–Crippen LogP) is 3.81. The van der Waals surface area contributed by atoms with Crippen LogP contribution in [0.1, 0.15) is 27.2 Å². The average Bonchev–Trinajstić information content (AvgIpc) is 2.69. The first-order valence-electron chi connectivity index (χ1n) is 5.85. The molecule has 1 aromatic heterocycles. The van der Waals surface area contributed by atoms with Gasteiger partial charge < -0.3 is 0 Å². The molecular weight excluding hydrogens is 301 g/mol. The number of hydrogen-bond acceptors (Lipinski definition) is 4. The summed E-state index contributed by atoms with van der Waals surface area (Å²) in [5.41, 5.74) is 4.74. The first kappa shape index (κ1) is 14.8. The first-order chi connectivity index (χ1) is 9.01. The summed E-state index contributed by atoms with van der Waals surface area (Å²) in [5.74, 6) is 5.64. The molecule has 3 N–H and O–H groups in total. The van der Waals surface area contributed by atoms with Crippen molar-refractivity contribution in [1.82, 2.24) is 10.4 Å². The molecule has 102 valence electrons. The molecule has 0 aliphatic heterocycles. The molecular formula is C13H15Cl2N3S. The second-order valence-corrected chi connectivity index (χ2v) is 6.47. The Bertz CT molecular complexity index is 564. The molecule has 0 radical (unpaired) electrons. The number of nitrogens with two attached hydrogens (primary N) is 1. The maximum Gasteiger partial charge on any atom is 0.0950 e. The SMILES string of the molecule is Cc1nc(CC(NN)c2cc(Cl)ccc2Cl)sc1C. The van der Waals surface area contributed by atoms with E-state index in [4.69, 9.17) is 29.0 Å². The average molecular weight is 316 g/mol. The van der Waals surface area contributed by atoms with Gasteiger partial charge in [-0.3, -0.25) is 11.3 Å². The van der Waals surface area contributed by atoms with Gasteiger partial charge in [0.05, 0.1) is 16.7 Å². The van der Waals surface area contributed by atoms with E-state index in [1.165, 1.54) is 4.88 Å². The van der Waals surface area contributed by atoms with Crippen molar-refractivity contribution >= 4 is 34.5 Å². The summed E-state index contributed by atoms with van der Waals surface area (Å²) in [6.07, 6.45) is 0.690. The summed E-state index contributed by atoms with van der Waals surface area (Å²) in [4.78, 5) is 5.75. The molecule has 0 aliphatic rings. The van der Waals surface area contributed by atoms with E-state index < -0.39 is 0 Å². The highest BCUT2D eigenvalue weighted by atomic mass is 35.5. The molecule has 1 heterocycles. The van der Waals surface area contributed by atoms with Crippen molar-refractivity contribution in [3.8, 4) is 0 Å². The number of hydrogen-bond donors (Lipinski definition) is 2. The third-order valence-electron chi connectivity index (χ3n) is 2.99. The van der Waals surface area contributed by atoms with Gasteiger partial charge in [0.15, 0.2) is 0 Å². The Balaban J connectivity index is 2.27. The minimum Gasteiger partial charge on any atom is -0.271 e. The minimum atomic E-state index is -0.101. The number of rotatable bonds is 4. The van der Waals surface area contributed by atoms with E-state index in [0.717, 1.165) is 16.3 Å². The Hall–Kier alpha value is -0.650. The Morgan fingerprint density at radius 3 is 2.68 bits per heavy atom. The number of benzene rings is 1. The summed E-state index contributed by atoms with van der Waals surface area (Å²) >= 11 is 13.9. The van der Waals surface area contributed by atoms with Gasteiger partial charge in [0.1, 0.15) is 0 Å². The number of aromatic nitrogens is 1. The van der Waals surface area contributed by atoms with Gasteiger partial charge in [-0.2, -0.15) is 0 Å². The van der Waals surface area contributed by atoms with Crippen LogP contribution in [0.5, 0.6) is 0 Å². The van der Waals surface area contributed by atoms with Crippen LogP contribution in [0.25, 0.3) is 0 Å². The highest BCUT2D eigenvalue weighted by Crippen LogP contribution is 2.29. The summed E-state index contributed by atoms with van der Waals surface area (Å²) in [7, 11) is 0. The molecule has 0 saturated heterocycles. The number of halogens is 2. The van der Waals surface area contributed by atoms with Gasteiger partial charge in [-0.1, -0.05) is 23.2 Å².